The number of aliphatic hydroxyl groups excluding tert-OH is 1. The lowest BCUT2D eigenvalue weighted by molar-refractivity contribution is 0.169. The Hall–Kier alpha value is -1.09. The minimum atomic E-state index is -0.456. The van der Waals surface area contributed by atoms with Crippen molar-refractivity contribution in [3.05, 3.63) is 24.0 Å². The Balaban J connectivity index is 2.96. The Morgan fingerprint density at radius 1 is 1.67 bits per heavy atom. The Kier molecular flexibility index (Phi) is 3.05. The maximum atomic E-state index is 9.53. The molecule has 0 spiro atoms. The molecule has 0 radical (unpaired) electrons. The second kappa shape index (κ2) is 4.07. The third-order valence-electron chi connectivity index (χ3n) is 1.78. The lowest BCUT2D eigenvalue weighted by atomic mass is 10.1. The van der Waals surface area contributed by atoms with Crippen molar-refractivity contribution in [3.8, 4) is 5.75 Å². The fraction of sp³-hybridized carbons (Fsp3) is 0.444. The third kappa shape index (κ3) is 1.74. The van der Waals surface area contributed by atoms with Crippen molar-refractivity contribution in [1.82, 2.24) is 4.98 Å². The van der Waals surface area contributed by atoms with Gasteiger partial charge >= 0.3 is 0 Å². The highest BCUT2D eigenvalue weighted by molar-refractivity contribution is 5.31. The van der Waals surface area contributed by atoms with E-state index in [4.69, 9.17) is 4.74 Å². The largest absolute Gasteiger partial charge is 0.495 e. The highest BCUT2D eigenvalue weighted by Gasteiger charge is 2.09. The molecule has 0 aliphatic rings. The van der Waals surface area contributed by atoms with Gasteiger partial charge in [0.05, 0.1) is 19.4 Å². The van der Waals surface area contributed by atoms with Gasteiger partial charge in [0, 0.05) is 11.8 Å². The Labute approximate surface area is 72.0 Å². The molecule has 0 bridgehead atoms. The van der Waals surface area contributed by atoms with Crippen LogP contribution in [0.15, 0.2) is 18.5 Å². The second-order valence-electron chi connectivity index (χ2n) is 2.54. The predicted molar refractivity (Wildman–Crippen MR) is 46.0 cm³/mol. The smallest absolute Gasteiger partial charge is 0.142 e. The first-order valence-corrected chi connectivity index (χ1v) is 3.95. The van der Waals surface area contributed by atoms with Gasteiger partial charge in [0.2, 0.25) is 0 Å². The molecule has 0 aromatic carbocycles. The first-order chi connectivity index (χ1) is 5.79. The Bertz CT molecular complexity index is 250. The maximum Gasteiger partial charge on any atom is 0.142 e. The molecule has 66 valence electrons. The molecule has 1 N–H and O–H groups in total. The quantitative estimate of drug-likeness (QED) is 0.742. The summed E-state index contributed by atoms with van der Waals surface area (Å²) in [6.45, 7) is 1.92. The molecule has 0 fully saturated rings. The first-order valence-electron chi connectivity index (χ1n) is 3.95. The number of aliphatic hydroxyl groups is 1. The molecular formula is C9H13NO2. The molecule has 1 unspecified atom stereocenters. The van der Waals surface area contributed by atoms with E-state index in [1.165, 1.54) is 0 Å². The monoisotopic (exact) mass is 167 g/mol. The topological polar surface area (TPSA) is 42.4 Å². The molecule has 0 amide bonds. The molecular weight excluding hydrogens is 154 g/mol. The SMILES string of the molecule is CCC(O)c1ccncc1OC. The minimum Gasteiger partial charge on any atom is -0.495 e. The van der Waals surface area contributed by atoms with Crippen LogP contribution < -0.4 is 4.74 Å². The zero-order chi connectivity index (χ0) is 8.97. The van der Waals surface area contributed by atoms with E-state index in [1.807, 2.05) is 6.92 Å². The molecule has 1 aromatic rings. The molecule has 0 aliphatic heterocycles. The van der Waals surface area contributed by atoms with Gasteiger partial charge in [-0.3, -0.25) is 4.98 Å². The van der Waals surface area contributed by atoms with E-state index in [9.17, 15) is 5.11 Å². The van der Waals surface area contributed by atoms with Gasteiger partial charge in [-0.2, -0.15) is 0 Å². The van der Waals surface area contributed by atoms with E-state index < -0.39 is 6.10 Å². The first kappa shape index (κ1) is 9.00. The number of aromatic nitrogens is 1. The molecule has 1 aromatic heterocycles. The van der Waals surface area contributed by atoms with Crippen LogP contribution in [0.2, 0.25) is 0 Å². The van der Waals surface area contributed by atoms with Crippen LogP contribution in [0.4, 0.5) is 0 Å². The van der Waals surface area contributed by atoms with Crippen LogP contribution in [0.25, 0.3) is 0 Å². The van der Waals surface area contributed by atoms with Gasteiger partial charge in [-0.1, -0.05) is 6.92 Å². The number of hydrogen-bond acceptors (Lipinski definition) is 3. The van der Waals surface area contributed by atoms with Crippen LogP contribution in [0.5, 0.6) is 5.75 Å². The van der Waals surface area contributed by atoms with Crippen molar-refractivity contribution in [2.24, 2.45) is 0 Å². The second-order valence-corrected chi connectivity index (χ2v) is 2.54. The molecule has 12 heavy (non-hydrogen) atoms. The number of ether oxygens (including phenoxy) is 1. The summed E-state index contributed by atoms with van der Waals surface area (Å²) in [4.78, 5) is 3.90. The van der Waals surface area contributed by atoms with E-state index in [1.54, 1.807) is 25.6 Å². The van der Waals surface area contributed by atoms with Gasteiger partial charge in [0.1, 0.15) is 5.75 Å². The van der Waals surface area contributed by atoms with Gasteiger partial charge in [0.15, 0.2) is 0 Å². The van der Waals surface area contributed by atoms with Gasteiger partial charge in [-0.05, 0) is 12.5 Å². The van der Waals surface area contributed by atoms with E-state index in [0.717, 1.165) is 5.56 Å². The average Bonchev–Trinajstić information content (AvgIpc) is 2.16. The molecule has 1 atom stereocenters. The van der Waals surface area contributed by atoms with Crippen LogP contribution in [-0.4, -0.2) is 17.2 Å². The van der Waals surface area contributed by atoms with E-state index in [-0.39, 0.29) is 0 Å². The number of nitrogens with zero attached hydrogens (tertiary/aromatic N) is 1. The molecule has 0 aliphatic carbocycles. The number of pyridine rings is 1. The minimum absolute atomic E-state index is 0.456. The van der Waals surface area contributed by atoms with E-state index in [0.29, 0.717) is 12.2 Å². The van der Waals surface area contributed by atoms with Gasteiger partial charge in [-0.25, -0.2) is 0 Å². The summed E-state index contributed by atoms with van der Waals surface area (Å²) in [6, 6.07) is 1.77. The summed E-state index contributed by atoms with van der Waals surface area (Å²) in [5.41, 5.74) is 0.801. The standard InChI is InChI=1S/C9H13NO2/c1-3-8(11)7-4-5-10-6-9(7)12-2/h4-6,8,11H,3H2,1-2H3. The normalized spacial score (nSPS) is 12.6. The third-order valence-corrected chi connectivity index (χ3v) is 1.78. The van der Waals surface area contributed by atoms with E-state index >= 15 is 0 Å². The van der Waals surface area contributed by atoms with Crippen molar-refractivity contribution >= 4 is 0 Å². The fourth-order valence-corrected chi connectivity index (χ4v) is 1.06. The molecule has 1 rings (SSSR count). The van der Waals surface area contributed by atoms with Crippen LogP contribution in [0.3, 0.4) is 0 Å². The molecule has 0 saturated carbocycles. The van der Waals surface area contributed by atoms with Crippen molar-refractivity contribution in [3.63, 3.8) is 0 Å². The molecule has 3 nitrogen and oxygen atoms in total. The zero-order valence-corrected chi connectivity index (χ0v) is 7.32. The van der Waals surface area contributed by atoms with Gasteiger partial charge < -0.3 is 9.84 Å². The van der Waals surface area contributed by atoms with Crippen molar-refractivity contribution in [1.29, 1.82) is 0 Å². The van der Waals surface area contributed by atoms with Crippen LogP contribution >= 0.6 is 0 Å². The fourth-order valence-electron chi connectivity index (χ4n) is 1.06. The van der Waals surface area contributed by atoms with Crippen molar-refractivity contribution in [2.75, 3.05) is 7.11 Å². The highest BCUT2D eigenvalue weighted by Crippen LogP contribution is 2.25. The summed E-state index contributed by atoms with van der Waals surface area (Å²) in [6.07, 6.45) is 3.48. The van der Waals surface area contributed by atoms with Crippen LogP contribution in [0.1, 0.15) is 25.0 Å². The van der Waals surface area contributed by atoms with Crippen LogP contribution in [0, 0.1) is 0 Å². The molecule has 3 heteroatoms. The summed E-state index contributed by atoms with van der Waals surface area (Å²) >= 11 is 0. The van der Waals surface area contributed by atoms with E-state index in [2.05, 4.69) is 4.98 Å². The lowest BCUT2D eigenvalue weighted by Crippen LogP contribution is -1.99. The molecule has 0 saturated heterocycles. The summed E-state index contributed by atoms with van der Waals surface area (Å²) < 4.78 is 5.05. The number of rotatable bonds is 3. The van der Waals surface area contributed by atoms with Crippen molar-refractivity contribution in [2.45, 2.75) is 19.4 Å². The average molecular weight is 167 g/mol. The van der Waals surface area contributed by atoms with Gasteiger partial charge in [-0.15, -0.1) is 0 Å². The Morgan fingerprint density at radius 3 is 3.00 bits per heavy atom. The van der Waals surface area contributed by atoms with Gasteiger partial charge in [0.25, 0.3) is 0 Å². The number of methoxy groups -OCH3 is 1. The summed E-state index contributed by atoms with van der Waals surface area (Å²) in [5.74, 6) is 0.645. The molecule has 1 heterocycles. The summed E-state index contributed by atoms with van der Waals surface area (Å²) in [5, 5.41) is 9.53. The highest BCUT2D eigenvalue weighted by atomic mass is 16.5. The predicted octanol–water partition coefficient (Wildman–Crippen LogP) is 1.53. The maximum absolute atomic E-state index is 9.53. The van der Waals surface area contributed by atoms with Crippen molar-refractivity contribution < 1.29 is 9.84 Å². The lowest BCUT2D eigenvalue weighted by Gasteiger charge is -2.11. The number of hydrogen-bond donors (Lipinski definition) is 1. The van der Waals surface area contributed by atoms with Crippen LogP contribution in [-0.2, 0) is 0 Å². The zero-order valence-electron chi connectivity index (χ0n) is 7.32. The Morgan fingerprint density at radius 2 is 2.42 bits per heavy atom. The summed E-state index contributed by atoms with van der Waals surface area (Å²) in [7, 11) is 1.57.